The van der Waals surface area contributed by atoms with E-state index >= 15 is 0 Å². The van der Waals surface area contributed by atoms with E-state index in [1.807, 2.05) is 24.3 Å². The Morgan fingerprint density at radius 1 is 1.38 bits per heavy atom. The first-order valence-electron chi connectivity index (χ1n) is 6.03. The van der Waals surface area contributed by atoms with Crippen molar-refractivity contribution >= 4 is 5.69 Å². The van der Waals surface area contributed by atoms with Crippen LogP contribution in [0.1, 0.15) is 38.2 Å². The van der Waals surface area contributed by atoms with Crippen molar-refractivity contribution in [1.82, 2.24) is 0 Å². The maximum absolute atomic E-state index is 8.99. The van der Waals surface area contributed by atoms with Gasteiger partial charge in [-0.15, -0.1) is 0 Å². The van der Waals surface area contributed by atoms with Crippen LogP contribution < -0.4 is 5.32 Å². The van der Waals surface area contributed by atoms with Gasteiger partial charge in [0, 0.05) is 6.54 Å². The number of nitrogens with one attached hydrogen (secondary N) is 1. The van der Waals surface area contributed by atoms with Gasteiger partial charge in [0.2, 0.25) is 0 Å². The molecule has 0 saturated heterocycles. The van der Waals surface area contributed by atoms with E-state index in [1.165, 1.54) is 25.7 Å². The Morgan fingerprint density at radius 2 is 2.12 bits per heavy atom. The third-order valence-electron chi connectivity index (χ3n) is 3.87. The van der Waals surface area contributed by atoms with E-state index in [0.717, 1.165) is 17.8 Å². The number of hydrogen-bond acceptors (Lipinski definition) is 2. The SMILES string of the molecule is CCC1(CNc2ccccc2C#N)CCC1. The number of rotatable bonds is 4. The lowest BCUT2D eigenvalue weighted by Crippen LogP contribution is -2.35. The number of hydrogen-bond donors (Lipinski definition) is 1. The van der Waals surface area contributed by atoms with Gasteiger partial charge < -0.3 is 5.32 Å². The molecule has 16 heavy (non-hydrogen) atoms. The monoisotopic (exact) mass is 214 g/mol. The predicted molar refractivity (Wildman–Crippen MR) is 66.2 cm³/mol. The molecule has 0 atom stereocenters. The van der Waals surface area contributed by atoms with Crippen molar-refractivity contribution in [3.8, 4) is 6.07 Å². The fourth-order valence-electron chi connectivity index (χ4n) is 2.35. The molecule has 2 nitrogen and oxygen atoms in total. The molecule has 2 rings (SSSR count). The lowest BCUT2D eigenvalue weighted by molar-refractivity contribution is 0.145. The van der Waals surface area contributed by atoms with Gasteiger partial charge in [0.05, 0.1) is 11.3 Å². The summed E-state index contributed by atoms with van der Waals surface area (Å²) in [5, 5.41) is 12.4. The summed E-state index contributed by atoms with van der Waals surface area (Å²) in [5.74, 6) is 0. The van der Waals surface area contributed by atoms with Crippen molar-refractivity contribution in [2.45, 2.75) is 32.6 Å². The molecule has 1 aliphatic rings. The topological polar surface area (TPSA) is 35.8 Å². The molecule has 0 heterocycles. The highest BCUT2D eigenvalue weighted by Gasteiger charge is 2.34. The van der Waals surface area contributed by atoms with Crippen LogP contribution in [0.3, 0.4) is 0 Å². The Bertz CT molecular complexity index is 394. The van der Waals surface area contributed by atoms with Crippen LogP contribution in [0, 0.1) is 16.7 Å². The lowest BCUT2D eigenvalue weighted by atomic mass is 9.67. The molecule has 0 spiro atoms. The lowest BCUT2D eigenvalue weighted by Gasteiger charge is -2.41. The minimum absolute atomic E-state index is 0.489. The average molecular weight is 214 g/mol. The zero-order valence-electron chi connectivity index (χ0n) is 9.79. The molecule has 1 saturated carbocycles. The normalized spacial score (nSPS) is 17.2. The summed E-state index contributed by atoms with van der Waals surface area (Å²) in [6, 6.07) is 9.95. The second-order valence-corrected chi connectivity index (χ2v) is 4.72. The van der Waals surface area contributed by atoms with Crippen molar-refractivity contribution in [3.63, 3.8) is 0 Å². The second-order valence-electron chi connectivity index (χ2n) is 4.72. The number of nitriles is 1. The fraction of sp³-hybridized carbons (Fsp3) is 0.500. The van der Waals surface area contributed by atoms with E-state index in [1.54, 1.807) is 0 Å². The van der Waals surface area contributed by atoms with Crippen LogP contribution >= 0.6 is 0 Å². The molecule has 0 radical (unpaired) electrons. The van der Waals surface area contributed by atoms with Crippen molar-refractivity contribution in [2.24, 2.45) is 5.41 Å². The molecule has 1 aromatic rings. The summed E-state index contributed by atoms with van der Waals surface area (Å²) in [5.41, 5.74) is 2.21. The smallest absolute Gasteiger partial charge is 0.101 e. The first kappa shape index (κ1) is 11.0. The fourth-order valence-corrected chi connectivity index (χ4v) is 2.35. The van der Waals surface area contributed by atoms with E-state index < -0.39 is 0 Å². The van der Waals surface area contributed by atoms with E-state index in [9.17, 15) is 0 Å². The zero-order valence-corrected chi connectivity index (χ0v) is 9.79. The highest BCUT2D eigenvalue weighted by atomic mass is 14.9. The van der Waals surface area contributed by atoms with Gasteiger partial charge >= 0.3 is 0 Å². The third-order valence-corrected chi connectivity index (χ3v) is 3.87. The van der Waals surface area contributed by atoms with Crippen molar-refractivity contribution in [1.29, 1.82) is 5.26 Å². The molecule has 1 N–H and O–H groups in total. The molecular weight excluding hydrogens is 196 g/mol. The number of nitrogens with zero attached hydrogens (tertiary/aromatic N) is 1. The van der Waals surface area contributed by atoms with Gasteiger partial charge in [0.1, 0.15) is 6.07 Å². The molecule has 0 aliphatic heterocycles. The molecule has 0 aromatic heterocycles. The minimum atomic E-state index is 0.489. The van der Waals surface area contributed by atoms with E-state index in [0.29, 0.717) is 5.41 Å². The van der Waals surface area contributed by atoms with Crippen molar-refractivity contribution in [3.05, 3.63) is 29.8 Å². The third kappa shape index (κ3) is 2.04. The molecular formula is C14H18N2. The highest BCUT2D eigenvalue weighted by molar-refractivity contribution is 5.57. The van der Waals surface area contributed by atoms with Gasteiger partial charge in [0.25, 0.3) is 0 Å². The van der Waals surface area contributed by atoms with Gasteiger partial charge in [0.15, 0.2) is 0 Å². The van der Waals surface area contributed by atoms with E-state index in [2.05, 4.69) is 18.3 Å². The summed E-state index contributed by atoms with van der Waals surface area (Å²) in [7, 11) is 0. The molecule has 2 heteroatoms. The van der Waals surface area contributed by atoms with E-state index in [4.69, 9.17) is 5.26 Å². The Labute approximate surface area is 97.3 Å². The van der Waals surface area contributed by atoms with Crippen molar-refractivity contribution in [2.75, 3.05) is 11.9 Å². The molecule has 84 valence electrons. The first-order chi connectivity index (χ1) is 7.79. The second kappa shape index (κ2) is 4.57. The van der Waals surface area contributed by atoms with Crippen LogP contribution in [-0.4, -0.2) is 6.54 Å². The predicted octanol–water partition coefficient (Wildman–Crippen LogP) is 3.55. The largest absolute Gasteiger partial charge is 0.383 e. The molecule has 1 aromatic carbocycles. The summed E-state index contributed by atoms with van der Waals surface area (Å²) in [6.07, 6.45) is 5.24. The maximum Gasteiger partial charge on any atom is 0.101 e. The highest BCUT2D eigenvalue weighted by Crippen LogP contribution is 2.43. The Kier molecular flexibility index (Phi) is 3.14. The molecule has 0 unspecified atom stereocenters. The first-order valence-corrected chi connectivity index (χ1v) is 6.03. The number of benzene rings is 1. The summed E-state index contributed by atoms with van der Waals surface area (Å²) in [4.78, 5) is 0. The standard InChI is InChI=1S/C14H18N2/c1-2-14(8-5-9-14)11-16-13-7-4-3-6-12(13)10-15/h3-4,6-7,16H,2,5,8-9,11H2,1H3. The van der Waals surface area contributed by atoms with Crippen LogP contribution in [0.15, 0.2) is 24.3 Å². The van der Waals surface area contributed by atoms with Gasteiger partial charge in [-0.05, 0) is 36.8 Å². The van der Waals surface area contributed by atoms with Crippen molar-refractivity contribution < 1.29 is 0 Å². The number of para-hydroxylation sites is 1. The van der Waals surface area contributed by atoms with Crippen LogP contribution in [0.2, 0.25) is 0 Å². The Morgan fingerprint density at radius 3 is 2.69 bits per heavy atom. The summed E-state index contributed by atoms with van der Waals surface area (Å²) in [6.45, 7) is 3.26. The van der Waals surface area contributed by atoms with Crippen LogP contribution in [0.5, 0.6) is 0 Å². The quantitative estimate of drug-likeness (QED) is 0.832. The zero-order chi connectivity index (χ0) is 11.4. The molecule has 1 fully saturated rings. The Balaban J connectivity index is 2.02. The van der Waals surface area contributed by atoms with Gasteiger partial charge in [-0.25, -0.2) is 0 Å². The average Bonchev–Trinajstić information content (AvgIpc) is 2.29. The van der Waals surface area contributed by atoms with Crippen LogP contribution in [-0.2, 0) is 0 Å². The Hall–Kier alpha value is -1.49. The van der Waals surface area contributed by atoms with Crippen LogP contribution in [0.4, 0.5) is 5.69 Å². The minimum Gasteiger partial charge on any atom is -0.383 e. The van der Waals surface area contributed by atoms with Crippen LogP contribution in [0.25, 0.3) is 0 Å². The molecule has 0 bridgehead atoms. The number of anilines is 1. The van der Waals surface area contributed by atoms with Gasteiger partial charge in [-0.1, -0.05) is 25.5 Å². The summed E-state index contributed by atoms with van der Waals surface area (Å²) >= 11 is 0. The molecule has 0 amide bonds. The van der Waals surface area contributed by atoms with E-state index in [-0.39, 0.29) is 0 Å². The maximum atomic E-state index is 8.99. The van der Waals surface area contributed by atoms with Gasteiger partial charge in [-0.2, -0.15) is 5.26 Å². The van der Waals surface area contributed by atoms with Gasteiger partial charge in [-0.3, -0.25) is 0 Å². The molecule has 1 aliphatic carbocycles. The summed E-state index contributed by atoms with van der Waals surface area (Å²) < 4.78 is 0.